The number of alkyl halides is 3. The van der Waals surface area contributed by atoms with Crippen LogP contribution >= 0.6 is 35.4 Å². The summed E-state index contributed by atoms with van der Waals surface area (Å²) in [4.78, 5) is 21.3. The van der Waals surface area contributed by atoms with Crippen molar-refractivity contribution in [3.05, 3.63) is 73.2 Å². The van der Waals surface area contributed by atoms with Crippen molar-refractivity contribution in [2.45, 2.75) is 25.1 Å². The van der Waals surface area contributed by atoms with Crippen molar-refractivity contribution in [1.29, 1.82) is 0 Å². The van der Waals surface area contributed by atoms with E-state index in [2.05, 4.69) is 25.7 Å². The molecule has 3 aromatic rings. The quantitative estimate of drug-likeness (QED) is 0.216. The van der Waals surface area contributed by atoms with Gasteiger partial charge in [0.25, 0.3) is 11.5 Å². The first-order chi connectivity index (χ1) is 15.9. The van der Waals surface area contributed by atoms with Crippen LogP contribution < -0.4 is 5.32 Å². The highest BCUT2D eigenvalue weighted by molar-refractivity contribution is 7.71. The van der Waals surface area contributed by atoms with Crippen LogP contribution in [0.3, 0.4) is 0 Å². The van der Waals surface area contributed by atoms with Crippen LogP contribution in [0.25, 0.3) is 0 Å². The molecule has 2 heterocycles. The first kappa shape index (κ1) is 24.2. The van der Waals surface area contributed by atoms with Crippen LogP contribution in [0, 0.1) is 17.5 Å². The molecule has 0 radical (unpaired) electrons. The van der Waals surface area contributed by atoms with Crippen molar-refractivity contribution < 1.29 is 27.2 Å². The van der Waals surface area contributed by atoms with Gasteiger partial charge in [0.2, 0.25) is 10.7 Å². The lowest BCUT2D eigenvalue weighted by Crippen LogP contribution is -2.42. The van der Waals surface area contributed by atoms with Gasteiger partial charge in [0.05, 0.1) is 15.8 Å². The van der Waals surface area contributed by atoms with Gasteiger partial charge in [-0.15, -0.1) is 0 Å². The van der Waals surface area contributed by atoms with Crippen LogP contribution in [0.1, 0.15) is 33.5 Å². The van der Waals surface area contributed by atoms with E-state index in [9.17, 15) is 22.4 Å². The fourth-order valence-electron chi connectivity index (χ4n) is 3.45. The number of carbonyl (C=O) groups excluding carboxylic acids is 1. The molecule has 1 atom stereocenters. The fourth-order valence-corrected chi connectivity index (χ4v) is 4.08. The minimum Gasteiger partial charge on any atom is -0.374 e. The van der Waals surface area contributed by atoms with Gasteiger partial charge >= 0.3 is 6.18 Å². The molecule has 1 unspecified atom stereocenters. The Bertz CT molecular complexity index is 1360. The molecule has 2 aromatic carbocycles. The zero-order valence-electron chi connectivity index (χ0n) is 17.0. The number of halogens is 6. The molecule has 178 valence electrons. The number of benzene rings is 2. The zero-order chi connectivity index (χ0) is 24.8. The van der Waals surface area contributed by atoms with Crippen molar-refractivity contribution >= 4 is 53.0 Å². The topological polar surface area (TPSA) is 95.2 Å². The zero-order valence-corrected chi connectivity index (χ0v) is 19.3. The van der Waals surface area contributed by atoms with Crippen LogP contribution in [0.4, 0.5) is 23.5 Å². The lowest BCUT2D eigenvalue weighted by molar-refractivity contribution is -0.275. The van der Waals surface area contributed by atoms with E-state index in [0.717, 1.165) is 12.1 Å². The van der Waals surface area contributed by atoms with Crippen LogP contribution in [-0.2, 0) is 10.4 Å². The normalized spacial score (nSPS) is 17.9. The molecule has 0 aliphatic carbocycles. The second-order valence-corrected chi connectivity index (χ2v) is 8.59. The maximum Gasteiger partial charge on any atom is 0.435 e. The Balaban J connectivity index is 1.63. The Morgan fingerprint density at radius 3 is 2.44 bits per heavy atom. The Morgan fingerprint density at radius 1 is 1.21 bits per heavy atom. The number of hydrogen-bond acceptors (Lipinski definition) is 5. The van der Waals surface area contributed by atoms with Gasteiger partial charge in [-0.05, 0) is 54.5 Å². The highest BCUT2D eigenvalue weighted by Gasteiger charge is 2.62. The monoisotopic (exact) mass is 533 g/mol. The van der Waals surface area contributed by atoms with E-state index >= 15 is 0 Å². The summed E-state index contributed by atoms with van der Waals surface area (Å²) in [7, 11) is 0. The number of H-pyrrole nitrogens is 2. The third-order valence-corrected chi connectivity index (χ3v) is 5.92. The molecular formula is C20H13Cl2F4N5O2S. The van der Waals surface area contributed by atoms with Gasteiger partial charge in [0, 0.05) is 17.5 Å². The van der Waals surface area contributed by atoms with Gasteiger partial charge in [0.15, 0.2) is 5.82 Å². The van der Waals surface area contributed by atoms with Gasteiger partial charge in [-0.3, -0.25) is 20.3 Å². The number of aromatic amines is 2. The molecule has 0 bridgehead atoms. The molecule has 0 fully saturated rings. The number of anilines is 1. The van der Waals surface area contributed by atoms with E-state index in [1.807, 2.05) is 0 Å². The molecule has 0 saturated carbocycles. The first-order valence-electron chi connectivity index (χ1n) is 9.45. The number of aromatic nitrogens is 3. The Hall–Kier alpha value is -2.96. The Kier molecular flexibility index (Phi) is 6.17. The third kappa shape index (κ3) is 4.28. The average molecular weight is 534 g/mol. The highest BCUT2D eigenvalue weighted by Crippen LogP contribution is 2.50. The summed E-state index contributed by atoms with van der Waals surface area (Å²) >= 11 is 16.3. The summed E-state index contributed by atoms with van der Waals surface area (Å²) < 4.78 is 56.4. The van der Waals surface area contributed by atoms with Crippen molar-refractivity contribution in [3.63, 3.8) is 0 Å². The molecule has 14 heteroatoms. The summed E-state index contributed by atoms with van der Waals surface area (Å²) in [6.45, 7) is 1.61. The van der Waals surface area contributed by atoms with Gasteiger partial charge in [-0.25, -0.2) is 4.39 Å². The highest BCUT2D eigenvalue weighted by atomic mass is 35.5. The number of rotatable bonds is 4. The molecule has 34 heavy (non-hydrogen) atoms. The van der Waals surface area contributed by atoms with Gasteiger partial charge in [0.1, 0.15) is 0 Å². The molecule has 1 amide bonds. The average Bonchev–Trinajstić information content (AvgIpc) is 3.38. The number of aryl methyl sites for hydroxylation is 1. The number of nitrogens with zero attached hydrogens (tertiary/aromatic N) is 2. The van der Waals surface area contributed by atoms with Crippen LogP contribution in [-0.4, -0.2) is 33.0 Å². The summed E-state index contributed by atoms with van der Waals surface area (Å²) in [5.41, 5.74) is -2.41. The largest absolute Gasteiger partial charge is 0.435 e. The number of carbonyl (C=O) groups is 1. The predicted molar refractivity (Wildman–Crippen MR) is 119 cm³/mol. The van der Waals surface area contributed by atoms with Gasteiger partial charge < -0.3 is 4.84 Å². The minimum absolute atomic E-state index is 0.0275. The molecular weight excluding hydrogens is 521 g/mol. The van der Waals surface area contributed by atoms with Crippen molar-refractivity contribution in [1.82, 2.24) is 15.2 Å². The Morgan fingerprint density at radius 2 is 1.88 bits per heavy atom. The first-order valence-corrected chi connectivity index (χ1v) is 10.6. The summed E-state index contributed by atoms with van der Waals surface area (Å²) in [5, 5.41) is 10.1. The number of hydrogen-bond donors (Lipinski definition) is 3. The van der Waals surface area contributed by atoms with E-state index in [-0.39, 0.29) is 22.0 Å². The Labute approximate surface area is 204 Å². The van der Waals surface area contributed by atoms with Crippen molar-refractivity contribution in [2.75, 3.05) is 5.32 Å². The van der Waals surface area contributed by atoms with E-state index in [1.165, 1.54) is 18.2 Å². The molecule has 0 saturated heterocycles. The van der Waals surface area contributed by atoms with E-state index < -0.39 is 45.5 Å². The molecule has 7 nitrogen and oxygen atoms in total. The second-order valence-electron chi connectivity index (χ2n) is 7.38. The lowest BCUT2D eigenvalue weighted by Gasteiger charge is -2.29. The van der Waals surface area contributed by atoms with E-state index in [1.54, 1.807) is 6.92 Å². The summed E-state index contributed by atoms with van der Waals surface area (Å²) in [6.07, 6.45) is -5.65. The lowest BCUT2D eigenvalue weighted by atomic mass is 9.86. The van der Waals surface area contributed by atoms with Crippen molar-refractivity contribution in [3.8, 4) is 0 Å². The second kappa shape index (κ2) is 8.67. The summed E-state index contributed by atoms with van der Waals surface area (Å²) in [6, 6.07) is 6.00. The molecule has 1 aliphatic heterocycles. The van der Waals surface area contributed by atoms with Crippen LogP contribution in [0.5, 0.6) is 0 Å². The summed E-state index contributed by atoms with van der Waals surface area (Å²) in [5.74, 6) is -1.44. The minimum atomic E-state index is -4.93. The van der Waals surface area contributed by atoms with Crippen LogP contribution in [0.2, 0.25) is 10.0 Å². The van der Waals surface area contributed by atoms with E-state index in [0.29, 0.717) is 11.1 Å². The van der Waals surface area contributed by atoms with Gasteiger partial charge in [-0.1, -0.05) is 34.4 Å². The maximum absolute atomic E-state index is 14.2. The maximum atomic E-state index is 14.2. The standard InChI is InChI=1S/C20H13Cl2F4N5O2S/c1-8-4-9(2-3-11(8)16(32)27-17-28-18(34)30-29-17)14-7-19(33-31-14,20(24,25)26)10-5-12(21)15(23)13(22)6-10/h2-6H,7H2,1H3,(H3,27,28,29,30,32,34). The molecule has 3 N–H and O–H groups in total. The number of nitrogens with one attached hydrogen (secondary N) is 3. The number of oxime groups is 1. The smallest absolute Gasteiger partial charge is 0.374 e. The fraction of sp³-hybridized carbons (Fsp3) is 0.200. The van der Waals surface area contributed by atoms with Crippen molar-refractivity contribution in [2.24, 2.45) is 5.16 Å². The predicted octanol–water partition coefficient (Wildman–Crippen LogP) is 6.06. The molecule has 4 rings (SSSR count). The molecule has 1 aliphatic rings. The SMILES string of the molecule is Cc1cc(C2=NOC(c3cc(Cl)c(F)c(Cl)c3)(C(F)(F)F)C2)ccc1C(=O)Nc1nc(=S)[nH][nH]1. The van der Waals surface area contributed by atoms with Crippen LogP contribution in [0.15, 0.2) is 35.5 Å². The van der Waals surface area contributed by atoms with E-state index in [4.69, 9.17) is 40.3 Å². The molecule has 1 aromatic heterocycles. The number of amides is 1. The third-order valence-electron chi connectivity index (χ3n) is 5.17. The molecule has 0 spiro atoms. The van der Waals surface area contributed by atoms with Gasteiger partial charge in [-0.2, -0.15) is 18.2 Å².